The summed E-state index contributed by atoms with van der Waals surface area (Å²) in [5.74, 6) is 0.707. The van der Waals surface area contributed by atoms with E-state index in [1.54, 1.807) is 0 Å². The maximum absolute atomic E-state index is 12.5. The van der Waals surface area contributed by atoms with Crippen LogP contribution < -0.4 is 16.0 Å². The van der Waals surface area contributed by atoms with E-state index in [1.165, 1.54) is 12.8 Å². The maximum atomic E-state index is 12.5. The Morgan fingerprint density at radius 3 is 2.41 bits per heavy atom. The van der Waals surface area contributed by atoms with E-state index in [0.29, 0.717) is 13.1 Å². The van der Waals surface area contributed by atoms with Crippen molar-refractivity contribution in [2.24, 2.45) is 5.92 Å². The number of hydrogen-bond donors (Lipinski definition) is 3. The zero-order valence-electron chi connectivity index (χ0n) is 13.6. The van der Waals surface area contributed by atoms with Crippen molar-refractivity contribution >= 4 is 24.2 Å². The van der Waals surface area contributed by atoms with Gasteiger partial charge in [-0.1, -0.05) is 26.2 Å². The first-order chi connectivity index (χ1) is 10.2. The lowest BCUT2D eigenvalue weighted by molar-refractivity contribution is -0.134. The van der Waals surface area contributed by atoms with E-state index in [1.807, 2.05) is 6.92 Å². The minimum Gasteiger partial charge on any atom is -0.354 e. The van der Waals surface area contributed by atoms with Crippen LogP contribution in [-0.2, 0) is 9.59 Å². The third kappa shape index (κ3) is 5.76. The molecular weight excluding hydrogens is 302 g/mol. The van der Waals surface area contributed by atoms with Crippen LogP contribution in [0.3, 0.4) is 0 Å². The molecule has 0 saturated heterocycles. The van der Waals surface area contributed by atoms with Crippen LogP contribution in [0.2, 0.25) is 0 Å². The summed E-state index contributed by atoms with van der Waals surface area (Å²) in [6, 6.07) is 0. The average Bonchev–Trinajstić information content (AvgIpc) is 3.29. The van der Waals surface area contributed by atoms with Gasteiger partial charge in [0.1, 0.15) is 5.54 Å². The lowest BCUT2D eigenvalue weighted by Gasteiger charge is -2.36. The molecule has 0 aromatic heterocycles. The highest BCUT2D eigenvalue weighted by Crippen LogP contribution is 2.29. The fraction of sp³-hybridized carbons (Fsp3) is 0.875. The van der Waals surface area contributed by atoms with Crippen LogP contribution in [0, 0.1) is 5.92 Å². The molecule has 0 aromatic rings. The SMILES string of the molecule is CCCNC(=O)C1(NC(=O)CNCC2CC2)CCCCC1.Cl. The second-order valence-corrected chi connectivity index (χ2v) is 6.52. The smallest absolute Gasteiger partial charge is 0.245 e. The van der Waals surface area contributed by atoms with E-state index in [9.17, 15) is 9.59 Å². The molecule has 0 unspecified atom stereocenters. The van der Waals surface area contributed by atoms with Crippen molar-refractivity contribution < 1.29 is 9.59 Å². The van der Waals surface area contributed by atoms with Crippen LogP contribution in [0.4, 0.5) is 0 Å². The third-order valence-corrected chi connectivity index (χ3v) is 4.47. The standard InChI is InChI=1S/C16H29N3O2.ClH/c1-2-10-18-15(21)16(8-4-3-5-9-16)19-14(20)12-17-11-13-6-7-13;/h13,17H,2-12H2,1H3,(H,18,21)(H,19,20);1H. The molecule has 0 bridgehead atoms. The number of carbonyl (C=O) groups is 2. The predicted molar refractivity (Wildman–Crippen MR) is 90.1 cm³/mol. The average molecular weight is 332 g/mol. The van der Waals surface area contributed by atoms with Crippen molar-refractivity contribution in [3.05, 3.63) is 0 Å². The number of nitrogens with one attached hydrogen (secondary N) is 3. The van der Waals surface area contributed by atoms with Crippen molar-refractivity contribution in [2.75, 3.05) is 19.6 Å². The Kier molecular flexibility index (Phi) is 8.18. The Hall–Kier alpha value is -0.810. The molecule has 0 aliphatic heterocycles. The largest absolute Gasteiger partial charge is 0.354 e. The van der Waals surface area contributed by atoms with Crippen LogP contribution in [-0.4, -0.2) is 37.0 Å². The highest BCUT2D eigenvalue weighted by atomic mass is 35.5. The summed E-state index contributed by atoms with van der Waals surface area (Å²) in [5, 5.41) is 9.17. The van der Waals surface area contributed by atoms with Crippen LogP contribution in [0.5, 0.6) is 0 Å². The van der Waals surface area contributed by atoms with Crippen molar-refractivity contribution in [3.8, 4) is 0 Å². The molecule has 0 atom stereocenters. The van der Waals surface area contributed by atoms with Crippen LogP contribution in [0.25, 0.3) is 0 Å². The highest BCUT2D eigenvalue weighted by Gasteiger charge is 2.40. The van der Waals surface area contributed by atoms with Crippen LogP contribution in [0.1, 0.15) is 58.3 Å². The zero-order valence-corrected chi connectivity index (χ0v) is 14.4. The first kappa shape index (κ1) is 19.2. The fourth-order valence-electron chi connectivity index (χ4n) is 2.99. The first-order valence-corrected chi connectivity index (χ1v) is 8.46. The van der Waals surface area contributed by atoms with Gasteiger partial charge >= 0.3 is 0 Å². The van der Waals surface area contributed by atoms with Gasteiger partial charge in [-0.15, -0.1) is 12.4 Å². The Morgan fingerprint density at radius 1 is 1.14 bits per heavy atom. The molecule has 3 N–H and O–H groups in total. The monoisotopic (exact) mass is 331 g/mol. The Bertz CT molecular complexity index is 366. The lowest BCUT2D eigenvalue weighted by Crippen LogP contribution is -2.61. The number of hydrogen-bond acceptors (Lipinski definition) is 3. The zero-order chi connectivity index (χ0) is 15.1. The molecule has 2 aliphatic rings. The fourth-order valence-corrected chi connectivity index (χ4v) is 2.99. The second kappa shape index (κ2) is 9.36. The van der Waals surface area contributed by atoms with Crippen LogP contribution >= 0.6 is 12.4 Å². The second-order valence-electron chi connectivity index (χ2n) is 6.52. The van der Waals surface area contributed by atoms with Crippen molar-refractivity contribution in [2.45, 2.75) is 63.8 Å². The van der Waals surface area contributed by atoms with Gasteiger partial charge in [0.05, 0.1) is 6.54 Å². The van der Waals surface area contributed by atoms with Gasteiger partial charge in [0.15, 0.2) is 0 Å². The number of rotatable bonds is 8. The molecule has 2 rings (SSSR count). The number of halogens is 1. The van der Waals surface area contributed by atoms with Crippen molar-refractivity contribution in [1.29, 1.82) is 0 Å². The van der Waals surface area contributed by atoms with Crippen LogP contribution in [0.15, 0.2) is 0 Å². The molecule has 2 aliphatic carbocycles. The Balaban J connectivity index is 0.00000242. The summed E-state index contributed by atoms with van der Waals surface area (Å²) in [5.41, 5.74) is -0.675. The number of amides is 2. The van der Waals surface area contributed by atoms with Gasteiger partial charge in [0, 0.05) is 6.54 Å². The molecule has 0 aromatic carbocycles. The van der Waals surface area contributed by atoms with Crippen molar-refractivity contribution in [1.82, 2.24) is 16.0 Å². The summed E-state index contributed by atoms with van der Waals surface area (Å²) in [4.78, 5) is 24.6. The molecule has 0 spiro atoms. The minimum absolute atomic E-state index is 0. The number of carbonyl (C=O) groups excluding carboxylic acids is 2. The predicted octanol–water partition coefficient (Wildman–Crippen LogP) is 1.75. The molecule has 128 valence electrons. The normalized spacial score (nSPS) is 19.9. The van der Waals surface area contributed by atoms with Crippen molar-refractivity contribution in [3.63, 3.8) is 0 Å². The van der Waals surface area contributed by atoms with Gasteiger partial charge in [-0.05, 0) is 44.6 Å². The van der Waals surface area contributed by atoms with E-state index < -0.39 is 5.54 Å². The Labute approximate surface area is 139 Å². The van der Waals surface area contributed by atoms with Gasteiger partial charge in [-0.3, -0.25) is 9.59 Å². The van der Waals surface area contributed by atoms with E-state index in [0.717, 1.165) is 51.0 Å². The van der Waals surface area contributed by atoms with Gasteiger partial charge in [-0.2, -0.15) is 0 Å². The molecule has 5 nitrogen and oxygen atoms in total. The Morgan fingerprint density at radius 2 is 1.82 bits per heavy atom. The molecular formula is C16H30ClN3O2. The topological polar surface area (TPSA) is 70.2 Å². The molecule has 0 radical (unpaired) electrons. The van der Waals surface area contributed by atoms with Gasteiger partial charge in [0.2, 0.25) is 11.8 Å². The summed E-state index contributed by atoms with van der Waals surface area (Å²) >= 11 is 0. The first-order valence-electron chi connectivity index (χ1n) is 8.46. The highest BCUT2D eigenvalue weighted by molar-refractivity contribution is 5.92. The molecule has 6 heteroatoms. The van der Waals surface area contributed by atoms with Gasteiger partial charge < -0.3 is 16.0 Å². The molecule has 2 saturated carbocycles. The van der Waals surface area contributed by atoms with Gasteiger partial charge in [0.25, 0.3) is 0 Å². The summed E-state index contributed by atoms with van der Waals surface area (Å²) < 4.78 is 0. The maximum Gasteiger partial charge on any atom is 0.245 e. The summed E-state index contributed by atoms with van der Waals surface area (Å²) in [6.07, 6.45) is 8.16. The quantitative estimate of drug-likeness (QED) is 0.634. The minimum atomic E-state index is -0.675. The van der Waals surface area contributed by atoms with Gasteiger partial charge in [-0.25, -0.2) is 0 Å². The third-order valence-electron chi connectivity index (χ3n) is 4.47. The molecule has 2 amide bonds. The summed E-state index contributed by atoms with van der Waals surface area (Å²) in [7, 11) is 0. The van der Waals surface area contributed by atoms with E-state index in [4.69, 9.17) is 0 Å². The van der Waals surface area contributed by atoms with E-state index in [2.05, 4.69) is 16.0 Å². The summed E-state index contributed by atoms with van der Waals surface area (Å²) in [6.45, 7) is 3.95. The van der Waals surface area contributed by atoms with E-state index >= 15 is 0 Å². The molecule has 0 heterocycles. The molecule has 2 fully saturated rings. The molecule has 22 heavy (non-hydrogen) atoms. The van der Waals surface area contributed by atoms with E-state index in [-0.39, 0.29) is 24.2 Å². The lowest BCUT2D eigenvalue weighted by atomic mass is 9.80.